The number of aryl methyl sites for hydroxylation is 2. The molecule has 6 heteroatoms. The Balaban J connectivity index is 1.59. The molecule has 3 rings (SSSR count). The van der Waals surface area contributed by atoms with Gasteiger partial charge in [-0.05, 0) is 36.8 Å². The number of anilines is 1. The van der Waals surface area contributed by atoms with Crippen molar-refractivity contribution >= 4 is 23.2 Å². The molecular weight excluding hydrogens is 343 g/mol. The SMILES string of the molecule is Cc1ccc(NC(=O)CCc2ncc(-c3ccccc3F)o2)cc1Cl. The highest BCUT2D eigenvalue weighted by molar-refractivity contribution is 6.31. The lowest BCUT2D eigenvalue weighted by atomic mass is 10.2. The molecular formula is C19H16ClFN2O2. The summed E-state index contributed by atoms with van der Waals surface area (Å²) in [6, 6.07) is 11.6. The van der Waals surface area contributed by atoms with E-state index in [9.17, 15) is 9.18 Å². The number of hydrogen-bond donors (Lipinski definition) is 1. The van der Waals surface area contributed by atoms with Crippen LogP contribution in [0.1, 0.15) is 17.9 Å². The number of hydrogen-bond acceptors (Lipinski definition) is 3. The van der Waals surface area contributed by atoms with Crippen LogP contribution in [0.25, 0.3) is 11.3 Å². The molecule has 0 saturated carbocycles. The van der Waals surface area contributed by atoms with Crippen LogP contribution >= 0.6 is 11.6 Å². The van der Waals surface area contributed by atoms with Crippen molar-refractivity contribution in [2.24, 2.45) is 0 Å². The molecule has 0 aliphatic heterocycles. The number of carbonyl (C=O) groups is 1. The van der Waals surface area contributed by atoms with Crippen LogP contribution in [-0.2, 0) is 11.2 Å². The first-order valence-electron chi connectivity index (χ1n) is 7.78. The summed E-state index contributed by atoms with van der Waals surface area (Å²) < 4.78 is 19.3. The average molecular weight is 359 g/mol. The highest BCUT2D eigenvalue weighted by Gasteiger charge is 2.12. The number of amides is 1. The fourth-order valence-corrected chi connectivity index (χ4v) is 2.51. The maximum Gasteiger partial charge on any atom is 0.224 e. The number of rotatable bonds is 5. The second-order valence-corrected chi connectivity index (χ2v) is 6.02. The van der Waals surface area contributed by atoms with Gasteiger partial charge in [0.25, 0.3) is 0 Å². The maximum absolute atomic E-state index is 13.7. The molecule has 1 N–H and O–H groups in total. The molecule has 25 heavy (non-hydrogen) atoms. The zero-order valence-electron chi connectivity index (χ0n) is 13.6. The molecule has 0 fully saturated rings. The highest BCUT2D eigenvalue weighted by Crippen LogP contribution is 2.24. The van der Waals surface area contributed by atoms with Crippen molar-refractivity contribution in [2.45, 2.75) is 19.8 Å². The summed E-state index contributed by atoms with van der Waals surface area (Å²) in [4.78, 5) is 16.1. The van der Waals surface area contributed by atoms with Crippen molar-refractivity contribution in [2.75, 3.05) is 5.32 Å². The lowest BCUT2D eigenvalue weighted by molar-refractivity contribution is -0.116. The van der Waals surface area contributed by atoms with E-state index in [1.807, 2.05) is 13.0 Å². The first kappa shape index (κ1) is 17.2. The molecule has 0 aliphatic rings. The molecule has 1 heterocycles. The van der Waals surface area contributed by atoms with E-state index in [0.29, 0.717) is 34.3 Å². The summed E-state index contributed by atoms with van der Waals surface area (Å²) in [5.74, 6) is 0.180. The van der Waals surface area contributed by atoms with E-state index in [1.165, 1.54) is 12.3 Å². The Morgan fingerprint density at radius 3 is 2.84 bits per heavy atom. The van der Waals surface area contributed by atoms with Gasteiger partial charge in [-0.25, -0.2) is 9.37 Å². The second-order valence-electron chi connectivity index (χ2n) is 5.61. The molecule has 1 aromatic heterocycles. The van der Waals surface area contributed by atoms with Crippen LogP contribution in [0.3, 0.4) is 0 Å². The molecule has 0 unspecified atom stereocenters. The van der Waals surface area contributed by atoms with Gasteiger partial charge >= 0.3 is 0 Å². The largest absolute Gasteiger partial charge is 0.441 e. The van der Waals surface area contributed by atoms with Gasteiger partial charge in [0, 0.05) is 23.6 Å². The van der Waals surface area contributed by atoms with Crippen LogP contribution in [0.5, 0.6) is 0 Å². The normalized spacial score (nSPS) is 10.7. The summed E-state index contributed by atoms with van der Waals surface area (Å²) in [6.07, 6.45) is 1.98. The zero-order valence-corrected chi connectivity index (χ0v) is 14.3. The minimum Gasteiger partial charge on any atom is -0.441 e. The first-order valence-corrected chi connectivity index (χ1v) is 8.16. The molecule has 2 aromatic carbocycles. The quantitative estimate of drug-likeness (QED) is 0.697. The van der Waals surface area contributed by atoms with Crippen molar-refractivity contribution in [1.29, 1.82) is 0 Å². The molecule has 128 valence electrons. The third-order valence-corrected chi connectivity index (χ3v) is 4.12. The molecule has 0 aliphatic carbocycles. The van der Waals surface area contributed by atoms with Crippen LogP contribution in [0.2, 0.25) is 5.02 Å². The predicted octanol–water partition coefficient (Wildman–Crippen LogP) is 5.01. The second kappa shape index (κ2) is 7.49. The summed E-state index contributed by atoms with van der Waals surface area (Å²) in [5.41, 5.74) is 1.93. The van der Waals surface area contributed by atoms with E-state index in [1.54, 1.807) is 30.3 Å². The lowest BCUT2D eigenvalue weighted by Gasteiger charge is -2.06. The van der Waals surface area contributed by atoms with Gasteiger partial charge in [-0.2, -0.15) is 0 Å². The topological polar surface area (TPSA) is 55.1 Å². The smallest absolute Gasteiger partial charge is 0.224 e. The third-order valence-electron chi connectivity index (χ3n) is 3.71. The fourth-order valence-electron chi connectivity index (χ4n) is 2.33. The number of aromatic nitrogens is 1. The first-order chi connectivity index (χ1) is 12.0. The minimum atomic E-state index is -0.376. The molecule has 1 amide bonds. The van der Waals surface area contributed by atoms with Gasteiger partial charge in [-0.1, -0.05) is 29.8 Å². The molecule has 4 nitrogen and oxygen atoms in total. The maximum atomic E-state index is 13.7. The van der Waals surface area contributed by atoms with Crippen molar-refractivity contribution in [3.05, 3.63) is 71.0 Å². The van der Waals surface area contributed by atoms with E-state index in [2.05, 4.69) is 10.3 Å². The Morgan fingerprint density at radius 2 is 2.08 bits per heavy atom. The molecule has 0 bridgehead atoms. The van der Waals surface area contributed by atoms with Gasteiger partial charge in [0.1, 0.15) is 5.82 Å². The van der Waals surface area contributed by atoms with E-state index < -0.39 is 0 Å². The number of oxazole rings is 1. The Morgan fingerprint density at radius 1 is 1.28 bits per heavy atom. The van der Waals surface area contributed by atoms with Crippen molar-refractivity contribution in [1.82, 2.24) is 4.98 Å². The predicted molar refractivity (Wildman–Crippen MR) is 95.0 cm³/mol. The van der Waals surface area contributed by atoms with Gasteiger partial charge in [0.15, 0.2) is 11.7 Å². The zero-order chi connectivity index (χ0) is 17.8. The Hall–Kier alpha value is -2.66. The summed E-state index contributed by atoms with van der Waals surface area (Å²) in [6.45, 7) is 1.89. The molecule has 0 saturated heterocycles. The number of nitrogens with zero attached hydrogens (tertiary/aromatic N) is 1. The standard InChI is InChI=1S/C19H16ClFN2O2/c1-12-6-7-13(10-15(12)20)23-18(24)8-9-19-22-11-17(25-19)14-4-2-3-5-16(14)21/h2-7,10-11H,8-9H2,1H3,(H,23,24). The van der Waals surface area contributed by atoms with Crippen LogP contribution < -0.4 is 5.32 Å². The van der Waals surface area contributed by atoms with E-state index in [0.717, 1.165) is 5.56 Å². The summed E-state index contributed by atoms with van der Waals surface area (Å²) in [5, 5.41) is 3.37. The average Bonchev–Trinajstić information content (AvgIpc) is 3.05. The third kappa shape index (κ3) is 4.25. The van der Waals surface area contributed by atoms with Gasteiger partial charge in [0.2, 0.25) is 5.91 Å². The summed E-state index contributed by atoms with van der Waals surface area (Å²) in [7, 11) is 0. The van der Waals surface area contributed by atoms with Crippen LogP contribution in [0, 0.1) is 12.7 Å². The number of halogens is 2. The van der Waals surface area contributed by atoms with Crippen molar-refractivity contribution < 1.29 is 13.6 Å². The number of carbonyl (C=O) groups excluding carboxylic acids is 1. The van der Waals surface area contributed by atoms with Crippen LogP contribution in [-0.4, -0.2) is 10.9 Å². The molecule has 3 aromatic rings. The molecule has 0 radical (unpaired) electrons. The number of nitrogens with one attached hydrogen (secondary N) is 1. The van der Waals surface area contributed by atoms with Gasteiger partial charge in [-0.3, -0.25) is 4.79 Å². The monoisotopic (exact) mass is 358 g/mol. The fraction of sp³-hybridized carbons (Fsp3) is 0.158. The van der Waals surface area contributed by atoms with Crippen LogP contribution in [0.15, 0.2) is 53.1 Å². The van der Waals surface area contributed by atoms with E-state index in [-0.39, 0.29) is 18.1 Å². The van der Waals surface area contributed by atoms with Crippen molar-refractivity contribution in [3.8, 4) is 11.3 Å². The lowest BCUT2D eigenvalue weighted by Crippen LogP contribution is -2.12. The van der Waals surface area contributed by atoms with E-state index >= 15 is 0 Å². The Kier molecular flexibility index (Phi) is 5.14. The highest BCUT2D eigenvalue weighted by atomic mass is 35.5. The molecule has 0 spiro atoms. The van der Waals surface area contributed by atoms with Crippen LogP contribution in [0.4, 0.5) is 10.1 Å². The van der Waals surface area contributed by atoms with Gasteiger partial charge in [-0.15, -0.1) is 0 Å². The van der Waals surface area contributed by atoms with Crippen molar-refractivity contribution in [3.63, 3.8) is 0 Å². The number of benzene rings is 2. The Labute approximate surface area is 149 Å². The molecule has 0 atom stereocenters. The van der Waals surface area contributed by atoms with E-state index in [4.69, 9.17) is 16.0 Å². The minimum absolute atomic E-state index is 0.175. The Bertz CT molecular complexity index is 908. The van der Waals surface area contributed by atoms with Gasteiger partial charge in [0.05, 0.1) is 11.8 Å². The summed E-state index contributed by atoms with van der Waals surface area (Å²) >= 11 is 6.04. The van der Waals surface area contributed by atoms with Gasteiger partial charge < -0.3 is 9.73 Å².